The molecule has 1 aromatic carbocycles. The number of aliphatic carboxylic acids is 1. The third kappa shape index (κ3) is 4.20. The fraction of sp³-hybridized carbons (Fsp3) is 0.552. The molecule has 5 rings (SSSR count). The molecule has 0 saturated heterocycles. The molecule has 0 aliphatic heterocycles. The van der Waals surface area contributed by atoms with Crippen LogP contribution in [0.2, 0.25) is 0 Å². The van der Waals surface area contributed by atoms with Crippen LogP contribution in [0.4, 0.5) is 0 Å². The molecular weight excluding hydrogens is 472 g/mol. The first-order valence-electron chi connectivity index (χ1n) is 13.2. The maximum absolute atomic E-state index is 13.4. The average molecular weight is 507 g/mol. The Kier molecular flexibility index (Phi) is 6.32. The summed E-state index contributed by atoms with van der Waals surface area (Å²) in [6.07, 6.45) is 4.36. The number of Topliss-reactive ketones (excluding diaryl/α,β-unsaturated/α-hetero) is 3. The van der Waals surface area contributed by atoms with Crippen LogP contribution in [-0.2, 0) is 30.4 Å². The second kappa shape index (κ2) is 9.23. The van der Waals surface area contributed by atoms with E-state index in [1.54, 1.807) is 13.1 Å². The van der Waals surface area contributed by atoms with Gasteiger partial charge < -0.3 is 15.4 Å². The summed E-state index contributed by atoms with van der Waals surface area (Å²) in [4.78, 5) is 67.2. The lowest BCUT2D eigenvalue weighted by atomic mass is 9.48. The van der Waals surface area contributed by atoms with Crippen molar-refractivity contribution in [1.29, 1.82) is 0 Å². The summed E-state index contributed by atoms with van der Waals surface area (Å²) >= 11 is 0. The number of aromatic nitrogens is 1. The molecule has 8 nitrogen and oxygen atoms in total. The summed E-state index contributed by atoms with van der Waals surface area (Å²) in [5.41, 5.74) is 0.0689. The molecule has 0 bridgehead atoms. The third-order valence-corrected chi connectivity index (χ3v) is 9.60. The number of benzene rings is 1. The van der Waals surface area contributed by atoms with Gasteiger partial charge in [-0.05, 0) is 42.7 Å². The second-order valence-electron chi connectivity index (χ2n) is 11.7. The summed E-state index contributed by atoms with van der Waals surface area (Å²) in [6, 6.07) is 6.45. The fourth-order valence-corrected chi connectivity index (χ4v) is 7.56. The smallest absolute Gasteiger partial charge is 0.326 e. The van der Waals surface area contributed by atoms with E-state index in [4.69, 9.17) is 0 Å². The van der Waals surface area contributed by atoms with Crippen LogP contribution in [-0.4, -0.2) is 45.4 Å². The van der Waals surface area contributed by atoms with Crippen molar-refractivity contribution in [3.8, 4) is 0 Å². The Morgan fingerprint density at radius 3 is 2.59 bits per heavy atom. The number of hydrogen-bond acceptors (Lipinski definition) is 5. The van der Waals surface area contributed by atoms with Gasteiger partial charge in [-0.1, -0.05) is 32.0 Å². The predicted octanol–water partition coefficient (Wildman–Crippen LogP) is 3.62. The monoisotopic (exact) mass is 506 g/mol. The van der Waals surface area contributed by atoms with Crippen LogP contribution in [0, 0.1) is 28.6 Å². The van der Waals surface area contributed by atoms with Crippen LogP contribution in [0.3, 0.4) is 0 Å². The highest BCUT2D eigenvalue weighted by Gasteiger charge is 2.62. The van der Waals surface area contributed by atoms with E-state index in [0.717, 1.165) is 22.9 Å². The Balaban J connectivity index is 1.29. The summed E-state index contributed by atoms with van der Waals surface area (Å²) in [5.74, 6) is -1.93. The van der Waals surface area contributed by atoms with E-state index in [2.05, 4.69) is 10.3 Å². The Morgan fingerprint density at radius 1 is 1.11 bits per heavy atom. The van der Waals surface area contributed by atoms with Gasteiger partial charge in [-0.3, -0.25) is 19.2 Å². The highest BCUT2D eigenvalue weighted by molar-refractivity contribution is 5.99. The van der Waals surface area contributed by atoms with E-state index in [1.807, 2.05) is 31.2 Å². The van der Waals surface area contributed by atoms with Gasteiger partial charge in [0, 0.05) is 66.0 Å². The number of carboxylic acids is 1. The standard InChI is InChI=1S/C29H34N2O6/c1-28(23(33)9-7-18-19-8-10-24(34)29(19,2)14-22(32)26(18)28)12-11-25(35)31-21(27(36)37)13-16-15-30-20-6-4-3-5-17(16)20/h3-6,15,18-19,21,26,30H,7-14H2,1-2H3,(H,31,35)(H,36,37)/t18-,19-,21-,26+,28-,29-/m0/s1. The molecule has 2 aromatic rings. The molecule has 196 valence electrons. The number of ketones is 3. The zero-order valence-corrected chi connectivity index (χ0v) is 21.3. The number of nitrogens with one attached hydrogen (secondary N) is 2. The van der Waals surface area contributed by atoms with Crippen LogP contribution in [0.5, 0.6) is 0 Å². The largest absolute Gasteiger partial charge is 0.480 e. The fourth-order valence-electron chi connectivity index (χ4n) is 7.56. The maximum atomic E-state index is 13.4. The molecule has 0 radical (unpaired) electrons. The number of fused-ring (bicyclic) bond motifs is 4. The van der Waals surface area contributed by atoms with Gasteiger partial charge in [-0.25, -0.2) is 4.79 Å². The van der Waals surface area contributed by atoms with Gasteiger partial charge in [0.1, 0.15) is 23.4 Å². The van der Waals surface area contributed by atoms with Crippen LogP contribution >= 0.6 is 0 Å². The third-order valence-electron chi connectivity index (χ3n) is 9.60. The highest BCUT2D eigenvalue weighted by atomic mass is 16.4. The van der Waals surface area contributed by atoms with Gasteiger partial charge in [0.25, 0.3) is 0 Å². The molecule has 0 spiro atoms. The first kappa shape index (κ1) is 25.4. The van der Waals surface area contributed by atoms with Crippen LogP contribution in [0.15, 0.2) is 30.5 Å². The summed E-state index contributed by atoms with van der Waals surface area (Å²) in [5, 5.41) is 13.3. The molecule has 1 aromatic heterocycles. The molecule has 1 amide bonds. The van der Waals surface area contributed by atoms with Gasteiger partial charge >= 0.3 is 5.97 Å². The molecule has 3 N–H and O–H groups in total. The van der Waals surface area contributed by atoms with Gasteiger partial charge in [0.2, 0.25) is 5.91 Å². The molecular formula is C29H34N2O6. The lowest BCUT2D eigenvalue weighted by molar-refractivity contribution is -0.160. The lowest BCUT2D eigenvalue weighted by Crippen LogP contribution is -2.56. The van der Waals surface area contributed by atoms with Crippen molar-refractivity contribution >= 4 is 40.1 Å². The second-order valence-corrected chi connectivity index (χ2v) is 11.7. The molecule has 3 saturated carbocycles. The van der Waals surface area contributed by atoms with Crippen molar-refractivity contribution < 1.29 is 29.1 Å². The number of para-hydroxylation sites is 1. The summed E-state index contributed by atoms with van der Waals surface area (Å²) in [6.45, 7) is 3.69. The van der Waals surface area contributed by atoms with Crippen molar-refractivity contribution in [2.45, 2.75) is 71.3 Å². The molecule has 8 heteroatoms. The SMILES string of the molecule is C[C@]1(CCC(=O)N[C@@H](Cc2c[nH]c3ccccc23)C(=O)O)C(=O)CC[C@@H]2[C@@H]1C(=O)C[C@]1(C)C(=O)CC[C@@H]21. The minimum absolute atomic E-state index is 0.0172. The Labute approximate surface area is 215 Å². The number of rotatable bonds is 7. The Morgan fingerprint density at radius 2 is 1.84 bits per heavy atom. The lowest BCUT2D eigenvalue weighted by Gasteiger charge is -2.52. The molecule has 0 unspecified atom stereocenters. The Bertz CT molecular complexity index is 1300. The summed E-state index contributed by atoms with van der Waals surface area (Å²) in [7, 11) is 0. The minimum atomic E-state index is -1.13. The van der Waals surface area contributed by atoms with E-state index in [-0.39, 0.29) is 54.9 Å². The minimum Gasteiger partial charge on any atom is -0.480 e. The molecule has 3 aliphatic rings. The molecule has 6 atom stereocenters. The number of aromatic amines is 1. The number of carbonyl (C=O) groups is 5. The van der Waals surface area contributed by atoms with Gasteiger partial charge in [0.05, 0.1) is 0 Å². The molecule has 37 heavy (non-hydrogen) atoms. The Hall–Kier alpha value is -3.29. The zero-order valence-electron chi connectivity index (χ0n) is 21.3. The number of carboxylic acid groups (broad SMARTS) is 1. The average Bonchev–Trinajstić information content (AvgIpc) is 3.39. The van der Waals surface area contributed by atoms with Crippen molar-refractivity contribution in [3.63, 3.8) is 0 Å². The quantitative estimate of drug-likeness (QED) is 0.525. The molecule has 3 fully saturated rings. The normalized spacial score (nSPS) is 32.2. The van der Waals surface area contributed by atoms with Crippen LogP contribution in [0.1, 0.15) is 64.4 Å². The number of hydrogen-bond donors (Lipinski definition) is 3. The first-order chi connectivity index (χ1) is 17.5. The highest BCUT2D eigenvalue weighted by Crippen LogP contribution is 2.60. The van der Waals surface area contributed by atoms with Crippen molar-refractivity contribution in [1.82, 2.24) is 10.3 Å². The topological polar surface area (TPSA) is 133 Å². The van der Waals surface area contributed by atoms with E-state index in [1.165, 1.54) is 0 Å². The first-order valence-corrected chi connectivity index (χ1v) is 13.2. The molecule has 3 aliphatic carbocycles. The van der Waals surface area contributed by atoms with Gasteiger partial charge in [0.15, 0.2) is 0 Å². The van der Waals surface area contributed by atoms with Crippen LogP contribution < -0.4 is 5.32 Å². The van der Waals surface area contributed by atoms with E-state index >= 15 is 0 Å². The van der Waals surface area contributed by atoms with Crippen molar-refractivity contribution in [3.05, 3.63) is 36.0 Å². The zero-order chi connectivity index (χ0) is 26.5. The van der Waals surface area contributed by atoms with Crippen molar-refractivity contribution in [2.75, 3.05) is 0 Å². The maximum Gasteiger partial charge on any atom is 0.326 e. The predicted molar refractivity (Wildman–Crippen MR) is 136 cm³/mol. The van der Waals surface area contributed by atoms with Gasteiger partial charge in [-0.2, -0.15) is 0 Å². The number of H-pyrrole nitrogens is 1. The summed E-state index contributed by atoms with van der Waals surface area (Å²) < 4.78 is 0. The van der Waals surface area contributed by atoms with E-state index in [0.29, 0.717) is 19.3 Å². The number of carbonyl (C=O) groups excluding carboxylic acids is 4. The van der Waals surface area contributed by atoms with Crippen molar-refractivity contribution in [2.24, 2.45) is 28.6 Å². The van der Waals surface area contributed by atoms with E-state index < -0.39 is 34.7 Å². The van der Waals surface area contributed by atoms with E-state index in [9.17, 15) is 29.1 Å². The number of amides is 1. The molecule has 1 heterocycles. The van der Waals surface area contributed by atoms with Crippen LogP contribution in [0.25, 0.3) is 10.9 Å². The van der Waals surface area contributed by atoms with Gasteiger partial charge in [-0.15, -0.1) is 0 Å².